The molecule has 0 saturated heterocycles. The Morgan fingerprint density at radius 3 is 2.08 bits per heavy atom. The van der Waals surface area contributed by atoms with Gasteiger partial charge in [0.2, 0.25) is 0 Å². The molecule has 2 heterocycles. The fraction of sp³-hybridized carbons (Fsp3) is 0.107. The quantitative estimate of drug-likeness (QED) is 0.133. The molecule has 60 heavy (non-hydrogen) atoms. The van der Waals surface area contributed by atoms with Crippen molar-refractivity contribution in [2.75, 3.05) is 5.32 Å². The molecule has 2 aromatic heterocycles. The van der Waals surface area contributed by atoms with Crippen LogP contribution in [0.4, 0.5) is 5.69 Å². The number of hydrogen-bond donors (Lipinski definition) is 1. The summed E-state index contributed by atoms with van der Waals surface area (Å²) in [6, 6.07) is 46.5. The summed E-state index contributed by atoms with van der Waals surface area (Å²) in [6.45, 7) is 19.8. The van der Waals surface area contributed by atoms with Gasteiger partial charge < -0.3 is 9.88 Å². The minimum Gasteiger partial charge on any atom is -0.362 e. The number of fused-ring (bicyclic) bond motifs is 3. The summed E-state index contributed by atoms with van der Waals surface area (Å²) in [5.74, 6) is 0.744. The molecule has 0 fully saturated rings. The first kappa shape index (κ1) is 42.3. The Hall–Kier alpha value is -7.30. The number of aromatic nitrogens is 3. The van der Waals surface area contributed by atoms with Gasteiger partial charge in [0.05, 0.1) is 22.4 Å². The smallest absolute Gasteiger partial charge is 0.160 e. The zero-order valence-electron chi connectivity index (χ0n) is 35.3. The second kappa shape index (κ2) is 20.9. The Kier molecular flexibility index (Phi) is 14.8. The van der Waals surface area contributed by atoms with Gasteiger partial charge >= 0.3 is 0 Å². The summed E-state index contributed by atoms with van der Waals surface area (Å²) < 4.78 is 2.36. The predicted octanol–water partition coefficient (Wildman–Crippen LogP) is 15.6. The number of benzene rings is 5. The van der Waals surface area contributed by atoms with Gasteiger partial charge in [-0.2, -0.15) is 0 Å². The minimum absolute atomic E-state index is 0.744. The lowest BCUT2D eigenvalue weighted by molar-refractivity contribution is 1.03. The summed E-state index contributed by atoms with van der Waals surface area (Å²) in [4.78, 5) is 10.1. The van der Waals surface area contributed by atoms with Gasteiger partial charge in [0.1, 0.15) is 0 Å². The molecule has 0 atom stereocenters. The van der Waals surface area contributed by atoms with Gasteiger partial charge in [0, 0.05) is 39.5 Å². The lowest BCUT2D eigenvalue weighted by atomic mass is 10.00. The van der Waals surface area contributed by atoms with Crippen LogP contribution in [-0.4, -0.2) is 14.5 Å². The maximum atomic E-state index is 5.05. The van der Waals surface area contributed by atoms with Gasteiger partial charge in [-0.05, 0) is 97.5 Å². The van der Waals surface area contributed by atoms with Crippen molar-refractivity contribution in [1.82, 2.24) is 14.5 Å². The van der Waals surface area contributed by atoms with Crippen molar-refractivity contribution < 1.29 is 0 Å². The summed E-state index contributed by atoms with van der Waals surface area (Å²) in [5.41, 5.74) is 13.9. The second-order valence-corrected chi connectivity index (χ2v) is 14.1. The Balaban J connectivity index is 0.000000401. The zero-order valence-corrected chi connectivity index (χ0v) is 35.3. The van der Waals surface area contributed by atoms with Crippen molar-refractivity contribution in [3.63, 3.8) is 0 Å². The SMILES string of the molecule is C=C(C)C(=C)/C=C\C(=C/C)c1ccc2c3ccccc3n(-c3ccc(-c4cc(C5=CC=CCC5)nc(-c5ccccc5)n4)cc3)c2c1.C=C/C=C\Nc1ccccc1.CC. The number of nitrogens with zero attached hydrogens (tertiary/aromatic N) is 3. The van der Waals surface area contributed by atoms with E-state index in [0.29, 0.717) is 0 Å². The molecule has 298 valence electrons. The zero-order chi connectivity index (χ0) is 42.3. The van der Waals surface area contributed by atoms with Crippen LogP contribution in [0.25, 0.3) is 61.3 Å². The van der Waals surface area contributed by atoms with Crippen LogP contribution in [0.3, 0.4) is 0 Å². The van der Waals surface area contributed by atoms with E-state index in [1.165, 1.54) is 21.9 Å². The van der Waals surface area contributed by atoms with Crippen molar-refractivity contribution in [3.05, 3.63) is 230 Å². The molecule has 1 aliphatic rings. The highest BCUT2D eigenvalue weighted by molar-refractivity contribution is 6.10. The van der Waals surface area contributed by atoms with E-state index in [0.717, 1.165) is 80.4 Å². The van der Waals surface area contributed by atoms with Crippen molar-refractivity contribution in [3.8, 4) is 28.3 Å². The molecular weight excluding hydrogens is 729 g/mol. The molecule has 4 heteroatoms. The first-order valence-corrected chi connectivity index (χ1v) is 20.7. The Morgan fingerprint density at radius 2 is 1.40 bits per heavy atom. The molecule has 0 amide bonds. The average molecular weight is 783 g/mol. The summed E-state index contributed by atoms with van der Waals surface area (Å²) in [7, 11) is 0. The van der Waals surface area contributed by atoms with Crippen LogP contribution in [0.15, 0.2) is 219 Å². The van der Waals surface area contributed by atoms with Gasteiger partial charge in [0.15, 0.2) is 5.82 Å². The van der Waals surface area contributed by atoms with E-state index in [1.54, 1.807) is 6.08 Å². The first-order chi connectivity index (χ1) is 29.4. The molecule has 7 aromatic rings. The predicted molar refractivity (Wildman–Crippen MR) is 261 cm³/mol. The number of para-hydroxylation sites is 2. The van der Waals surface area contributed by atoms with Gasteiger partial charge in [0.25, 0.3) is 0 Å². The Labute approximate surface area is 356 Å². The third-order valence-electron chi connectivity index (χ3n) is 10.1. The van der Waals surface area contributed by atoms with Gasteiger partial charge in [-0.15, -0.1) is 0 Å². The van der Waals surface area contributed by atoms with Crippen molar-refractivity contribution >= 4 is 38.6 Å². The highest BCUT2D eigenvalue weighted by Gasteiger charge is 2.16. The van der Waals surface area contributed by atoms with E-state index in [9.17, 15) is 0 Å². The third-order valence-corrected chi connectivity index (χ3v) is 10.1. The molecule has 0 aliphatic heterocycles. The molecule has 0 spiro atoms. The van der Waals surface area contributed by atoms with Crippen LogP contribution in [0.1, 0.15) is 51.8 Å². The second-order valence-electron chi connectivity index (χ2n) is 14.1. The lowest BCUT2D eigenvalue weighted by Crippen LogP contribution is -2.00. The number of rotatable bonds is 11. The van der Waals surface area contributed by atoms with E-state index < -0.39 is 0 Å². The van der Waals surface area contributed by atoms with Gasteiger partial charge in [-0.1, -0.05) is 173 Å². The maximum absolute atomic E-state index is 5.05. The van der Waals surface area contributed by atoms with Crippen molar-refractivity contribution in [2.45, 2.75) is 40.5 Å². The lowest BCUT2D eigenvalue weighted by Gasteiger charge is -2.13. The highest BCUT2D eigenvalue weighted by atomic mass is 15.0. The number of nitrogens with one attached hydrogen (secondary N) is 1. The molecular formula is C56H54N4. The molecule has 0 radical (unpaired) electrons. The molecule has 0 saturated carbocycles. The van der Waals surface area contributed by atoms with Crippen LogP contribution in [0, 0.1) is 0 Å². The van der Waals surface area contributed by atoms with E-state index >= 15 is 0 Å². The Morgan fingerprint density at radius 1 is 0.717 bits per heavy atom. The number of allylic oxidation sites excluding steroid dienone is 12. The molecule has 8 rings (SSSR count). The normalized spacial score (nSPS) is 12.4. The fourth-order valence-electron chi connectivity index (χ4n) is 6.94. The van der Waals surface area contributed by atoms with Gasteiger partial charge in [-0.25, -0.2) is 9.97 Å². The van der Waals surface area contributed by atoms with E-state index in [-0.39, 0.29) is 0 Å². The first-order valence-electron chi connectivity index (χ1n) is 20.7. The average Bonchev–Trinajstić information content (AvgIpc) is 3.64. The molecule has 0 unspecified atom stereocenters. The minimum atomic E-state index is 0.744. The molecule has 1 aliphatic carbocycles. The van der Waals surface area contributed by atoms with Crippen molar-refractivity contribution in [2.24, 2.45) is 0 Å². The summed E-state index contributed by atoms with van der Waals surface area (Å²) in [6.07, 6.45) is 20.3. The number of anilines is 1. The van der Waals surface area contributed by atoms with Crippen LogP contribution in [0.2, 0.25) is 0 Å². The van der Waals surface area contributed by atoms with E-state index in [1.807, 2.05) is 87.7 Å². The highest BCUT2D eigenvalue weighted by Crippen LogP contribution is 2.35. The standard InChI is InChI=1S/C44H37N3.C10H11N.C2H6/c1-5-32(21-20-31(4)30(2)3)36-24-27-39-38-18-12-13-19-42(38)47(43(39)28-36)37-25-22-34(23-26-37)41-29-40(33-14-8-6-9-15-33)45-44(46-41)35-16-10-7-11-17-35;1-2-3-9-11-10-7-5-4-6-8-10;1-2/h5-8,10-14,16-29H,2,4,9,15H2,1,3H3;2-9,11H,1H2;1-2H3/b21-20-,32-5+;9-3-;. The molecule has 4 nitrogen and oxygen atoms in total. The van der Waals surface area contributed by atoms with E-state index in [4.69, 9.17) is 9.97 Å². The summed E-state index contributed by atoms with van der Waals surface area (Å²) in [5, 5.41) is 5.55. The van der Waals surface area contributed by atoms with E-state index in [2.05, 4.69) is 152 Å². The largest absolute Gasteiger partial charge is 0.362 e. The monoisotopic (exact) mass is 782 g/mol. The van der Waals surface area contributed by atoms with Crippen LogP contribution in [-0.2, 0) is 0 Å². The molecule has 5 aromatic carbocycles. The Bertz CT molecular complexity index is 2740. The molecule has 0 bridgehead atoms. The van der Waals surface area contributed by atoms with Gasteiger partial charge in [-0.3, -0.25) is 0 Å². The van der Waals surface area contributed by atoms with Crippen molar-refractivity contribution in [1.29, 1.82) is 0 Å². The van der Waals surface area contributed by atoms with Crippen LogP contribution in [0.5, 0.6) is 0 Å². The summed E-state index contributed by atoms with van der Waals surface area (Å²) >= 11 is 0. The van der Waals surface area contributed by atoms with Crippen LogP contribution >= 0.6 is 0 Å². The number of hydrogen-bond acceptors (Lipinski definition) is 3. The topological polar surface area (TPSA) is 42.7 Å². The van der Waals surface area contributed by atoms with Crippen LogP contribution < -0.4 is 5.32 Å². The fourth-order valence-corrected chi connectivity index (χ4v) is 6.94. The maximum Gasteiger partial charge on any atom is 0.160 e. The molecule has 1 N–H and O–H groups in total. The third kappa shape index (κ3) is 10.2.